The number of halogens is 1. The van der Waals surface area contributed by atoms with E-state index in [9.17, 15) is 8.42 Å². The highest BCUT2D eigenvalue weighted by molar-refractivity contribution is 9.10. The maximum absolute atomic E-state index is 11.8. The predicted octanol–water partition coefficient (Wildman–Crippen LogP) is 1.51. The van der Waals surface area contributed by atoms with Crippen molar-refractivity contribution in [1.82, 2.24) is 20.2 Å². The highest BCUT2D eigenvalue weighted by Crippen LogP contribution is 2.31. The van der Waals surface area contributed by atoms with Gasteiger partial charge in [-0.3, -0.25) is 0 Å². The van der Waals surface area contributed by atoms with E-state index in [1.54, 1.807) is 26.0 Å². The zero-order valence-electron chi connectivity index (χ0n) is 11.9. The van der Waals surface area contributed by atoms with Gasteiger partial charge in [-0.2, -0.15) is 0 Å². The van der Waals surface area contributed by atoms with E-state index in [0.29, 0.717) is 21.5 Å². The number of tetrazole rings is 1. The number of hydrogen-bond donors (Lipinski definition) is 1. The molecule has 21 heavy (non-hydrogen) atoms. The number of anilines is 1. The lowest BCUT2D eigenvalue weighted by Gasteiger charge is -2.22. The first-order chi connectivity index (χ1) is 9.63. The van der Waals surface area contributed by atoms with Crippen LogP contribution in [0.4, 0.5) is 5.69 Å². The van der Waals surface area contributed by atoms with Gasteiger partial charge in [0.15, 0.2) is 15.7 Å². The molecule has 0 saturated heterocycles. The second-order valence-electron chi connectivity index (χ2n) is 5.40. The summed E-state index contributed by atoms with van der Waals surface area (Å²) in [5.74, 6) is 0.464. The molecule has 0 unspecified atom stereocenters. The second kappa shape index (κ2) is 5.38. The number of aromatic nitrogens is 4. The van der Waals surface area contributed by atoms with Crippen molar-refractivity contribution in [3.63, 3.8) is 0 Å². The van der Waals surface area contributed by atoms with Crippen molar-refractivity contribution in [3.8, 4) is 11.4 Å². The number of hydrogen-bond acceptors (Lipinski definition) is 6. The highest BCUT2D eigenvalue weighted by Gasteiger charge is 2.32. The number of nitrogen functional groups attached to an aromatic ring is 1. The average molecular weight is 374 g/mol. The molecule has 0 radical (unpaired) electrons. The summed E-state index contributed by atoms with van der Waals surface area (Å²) in [6.45, 7) is 3.43. The molecular weight excluding hydrogens is 358 g/mol. The Kier molecular flexibility index (Phi) is 4.07. The molecule has 1 aromatic carbocycles. The fraction of sp³-hybridized carbons (Fsp3) is 0.417. The summed E-state index contributed by atoms with van der Waals surface area (Å²) in [6.07, 6.45) is 1.20. The quantitative estimate of drug-likeness (QED) is 0.814. The minimum absolute atomic E-state index is 0.148. The molecule has 0 spiro atoms. The van der Waals surface area contributed by atoms with Gasteiger partial charge < -0.3 is 5.73 Å². The topological polar surface area (TPSA) is 104 Å². The van der Waals surface area contributed by atoms with Crippen molar-refractivity contribution < 1.29 is 8.42 Å². The lowest BCUT2D eigenvalue weighted by atomic mass is 10.1. The van der Waals surface area contributed by atoms with Crippen molar-refractivity contribution in [2.75, 3.05) is 12.0 Å². The number of nitrogens with zero attached hydrogens (tertiary/aromatic N) is 4. The molecule has 0 aliphatic carbocycles. The molecule has 2 N–H and O–H groups in total. The second-order valence-corrected chi connectivity index (χ2v) is 8.84. The zero-order chi connectivity index (χ0) is 15.8. The Morgan fingerprint density at radius 2 is 2.05 bits per heavy atom. The summed E-state index contributed by atoms with van der Waals surface area (Å²) < 4.78 is 24.8. The van der Waals surface area contributed by atoms with E-state index in [0.717, 1.165) is 0 Å². The molecule has 1 heterocycles. The fourth-order valence-corrected chi connectivity index (χ4v) is 2.50. The van der Waals surface area contributed by atoms with E-state index >= 15 is 0 Å². The van der Waals surface area contributed by atoms with Gasteiger partial charge in [0, 0.05) is 17.5 Å². The minimum atomic E-state index is -3.25. The third-order valence-electron chi connectivity index (χ3n) is 3.34. The van der Waals surface area contributed by atoms with Gasteiger partial charge in [0.25, 0.3) is 0 Å². The molecule has 0 atom stereocenters. The van der Waals surface area contributed by atoms with Crippen LogP contribution in [-0.4, -0.2) is 39.6 Å². The van der Waals surface area contributed by atoms with Gasteiger partial charge in [-0.05, 0) is 52.3 Å². The minimum Gasteiger partial charge on any atom is -0.398 e. The Labute approximate surface area is 131 Å². The Morgan fingerprint density at radius 1 is 1.38 bits per heavy atom. The first-order valence-electron chi connectivity index (χ1n) is 6.13. The summed E-state index contributed by atoms with van der Waals surface area (Å²) in [5, 5.41) is 11.5. The third-order valence-corrected chi connectivity index (χ3v) is 6.36. The van der Waals surface area contributed by atoms with Gasteiger partial charge in [-0.25, -0.2) is 13.1 Å². The van der Waals surface area contributed by atoms with E-state index in [4.69, 9.17) is 5.73 Å². The third kappa shape index (κ3) is 3.08. The zero-order valence-corrected chi connectivity index (χ0v) is 14.3. The first kappa shape index (κ1) is 15.9. The van der Waals surface area contributed by atoms with Crippen LogP contribution in [-0.2, 0) is 16.4 Å². The number of sulfone groups is 1. The van der Waals surface area contributed by atoms with Gasteiger partial charge in [-0.1, -0.05) is 6.07 Å². The van der Waals surface area contributed by atoms with Crippen molar-refractivity contribution in [1.29, 1.82) is 0 Å². The van der Waals surface area contributed by atoms with Gasteiger partial charge in [0.1, 0.15) is 0 Å². The predicted molar refractivity (Wildman–Crippen MR) is 84.3 cm³/mol. The van der Waals surface area contributed by atoms with E-state index in [1.807, 2.05) is 6.07 Å². The molecule has 1 aromatic heterocycles. The van der Waals surface area contributed by atoms with Gasteiger partial charge in [-0.15, -0.1) is 5.10 Å². The number of rotatable bonds is 4. The average Bonchev–Trinajstić information content (AvgIpc) is 2.78. The van der Waals surface area contributed by atoms with Crippen LogP contribution < -0.4 is 5.73 Å². The van der Waals surface area contributed by atoms with E-state index in [1.165, 1.54) is 10.9 Å². The molecule has 2 aromatic rings. The first-order valence-corrected chi connectivity index (χ1v) is 8.82. The molecule has 0 fully saturated rings. The van der Waals surface area contributed by atoms with Crippen molar-refractivity contribution >= 4 is 31.5 Å². The fourth-order valence-electron chi connectivity index (χ4n) is 1.70. The molecule has 2 rings (SSSR count). The van der Waals surface area contributed by atoms with Crippen molar-refractivity contribution in [2.45, 2.75) is 25.1 Å². The van der Waals surface area contributed by atoms with Crippen LogP contribution >= 0.6 is 15.9 Å². The Morgan fingerprint density at radius 3 is 2.67 bits per heavy atom. The number of nitrogens with two attached hydrogens (primary N) is 1. The normalized spacial score (nSPS) is 12.6. The summed E-state index contributed by atoms with van der Waals surface area (Å²) in [5.41, 5.74) is 7.12. The van der Waals surface area contributed by atoms with Crippen LogP contribution in [0.25, 0.3) is 11.4 Å². The summed E-state index contributed by atoms with van der Waals surface area (Å²) >= 11 is 3.40. The molecule has 0 bridgehead atoms. The monoisotopic (exact) mass is 373 g/mol. The lowest BCUT2D eigenvalue weighted by Crippen LogP contribution is -2.36. The van der Waals surface area contributed by atoms with Crippen LogP contribution in [0.5, 0.6) is 0 Å². The van der Waals surface area contributed by atoms with E-state index < -0.39 is 14.6 Å². The highest BCUT2D eigenvalue weighted by atomic mass is 79.9. The van der Waals surface area contributed by atoms with Crippen LogP contribution in [0.2, 0.25) is 0 Å². The van der Waals surface area contributed by atoms with Gasteiger partial charge >= 0.3 is 0 Å². The van der Waals surface area contributed by atoms with E-state index in [2.05, 4.69) is 31.5 Å². The smallest absolute Gasteiger partial charge is 0.183 e. The van der Waals surface area contributed by atoms with Crippen LogP contribution in [0.1, 0.15) is 13.8 Å². The van der Waals surface area contributed by atoms with Gasteiger partial charge in [0.2, 0.25) is 0 Å². The molecule has 0 aliphatic heterocycles. The maximum atomic E-state index is 11.8. The Balaban J connectivity index is 2.47. The van der Waals surface area contributed by atoms with Crippen molar-refractivity contribution in [2.24, 2.45) is 0 Å². The van der Waals surface area contributed by atoms with Crippen LogP contribution in [0.15, 0.2) is 22.7 Å². The molecule has 0 amide bonds. The molecule has 114 valence electrons. The summed E-state index contributed by atoms with van der Waals surface area (Å²) in [6, 6.07) is 5.36. The number of benzene rings is 1. The molecular formula is C12H16BrN5O2S. The van der Waals surface area contributed by atoms with E-state index in [-0.39, 0.29) is 6.54 Å². The Bertz CT molecular complexity index is 770. The maximum Gasteiger partial charge on any atom is 0.183 e. The summed E-state index contributed by atoms with van der Waals surface area (Å²) in [7, 11) is -3.25. The summed E-state index contributed by atoms with van der Waals surface area (Å²) in [4.78, 5) is 0. The van der Waals surface area contributed by atoms with Gasteiger partial charge in [0.05, 0.1) is 15.8 Å². The lowest BCUT2D eigenvalue weighted by molar-refractivity contribution is 0.471. The SMILES string of the molecule is CC(C)(Cn1nnnc1-c1cccc(N)c1Br)S(C)(=O)=O. The Hall–Kier alpha value is -1.48. The van der Waals surface area contributed by atoms with Crippen LogP contribution in [0.3, 0.4) is 0 Å². The standard InChI is InChI=1S/C12H16BrN5O2S/c1-12(2,21(3,19)20)7-18-11(15-16-17-18)8-5-4-6-9(14)10(8)13/h4-6H,7,14H2,1-3H3. The van der Waals surface area contributed by atoms with Crippen molar-refractivity contribution in [3.05, 3.63) is 22.7 Å². The molecule has 0 aliphatic rings. The molecule has 9 heteroatoms. The van der Waals surface area contributed by atoms with Crippen LogP contribution in [0, 0.1) is 0 Å². The molecule has 0 saturated carbocycles. The largest absolute Gasteiger partial charge is 0.398 e. The molecule has 7 nitrogen and oxygen atoms in total.